The van der Waals surface area contributed by atoms with E-state index in [4.69, 9.17) is 9.47 Å². The Hall–Kier alpha value is -3.33. The van der Waals surface area contributed by atoms with E-state index in [1.807, 2.05) is 6.07 Å². The molecule has 0 aromatic heterocycles. The molecule has 0 saturated heterocycles. The molecule has 6 heteroatoms. The number of rotatable bonds is 4. The number of hydrogen-bond acceptors (Lipinski definition) is 6. The van der Waals surface area contributed by atoms with Gasteiger partial charge in [-0.05, 0) is 38.5 Å². The highest BCUT2D eigenvalue weighted by Gasteiger charge is 2.29. The molecule has 0 amide bonds. The van der Waals surface area contributed by atoms with Gasteiger partial charge in [0.1, 0.15) is 11.3 Å². The Kier molecular flexibility index (Phi) is 5.63. The lowest BCUT2D eigenvalue weighted by atomic mass is 9.88. The monoisotopic (exact) mass is 353 g/mol. The summed E-state index contributed by atoms with van der Waals surface area (Å²) in [6, 6.07) is 9.85. The van der Waals surface area contributed by atoms with Crippen LogP contribution >= 0.6 is 0 Å². The number of methoxy groups -OCH3 is 1. The van der Waals surface area contributed by atoms with Crippen LogP contribution < -0.4 is 0 Å². The molecule has 0 spiro atoms. The molecule has 0 aliphatic heterocycles. The summed E-state index contributed by atoms with van der Waals surface area (Å²) in [6.45, 7) is 5.03. The number of esters is 2. The quantitative estimate of drug-likeness (QED) is 0.844. The maximum absolute atomic E-state index is 12.7. The number of aryl methyl sites for hydroxylation is 1. The van der Waals surface area contributed by atoms with Crippen LogP contribution in [0.25, 0.3) is 11.1 Å². The van der Waals surface area contributed by atoms with Crippen LogP contribution in [-0.4, -0.2) is 30.3 Å². The smallest absolute Gasteiger partial charge is 0.342 e. The first-order valence-electron chi connectivity index (χ1n) is 7.97. The first-order valence-corrected chi connectivity index (χ1v) is 7.97. The van der Waals surface area contributed by atoms with E-state index >= 15 is 0 Å². The third-order valence-electron chi connectivity index (χ3n) is 3.76. The van der Waals surface area contributed by atoms with Gasteiger partial charge in [-0.2, -0.15) is 5.26 Å². The number of nitrogens with zero attached hydrogens (tertiary/aromatic N) is 1. The number of carbonyl (C=O) groups excluding carboxylic acids is 2. The summed E-state index contributed by atoms with van der Waals surface area (Å²) in [5, 5.41) is 19.8. The minimum absolute atomic E-state index is 0.111. The molecule has 1 N–H and O–H groups in total. The summed E-state index contributed by atoms with van der Waals surface area (Å²) < 4.78 is 10.1. The Morgan fingerprint density at radius 2 is 1.81 bits per heavy atom. The van der Waals surface area contributed by atoms with Gasteiger partial charge in [-0.3, -0.25) is 0 Å². The first kappa shape index (κ1) is 19.0. The van der Waals surface area contributed by atoms with Gasteiger partial charge in [0.15, 0.2) is 0 Å². The summed E-state index contributed by atoms with van der Waals surface area (Å²) in [5.41, 5.74) is 1.06. The van der Waals surface area contributed by atoms with Gasteiger partial charge in [-0.1, -0.05) is 18.2 Å². The Balaban J connectivity index is 2.95. The third kappa shape index (κ3) is 3.52. The number of carbonyl (C=O) groups is 2. The van der Waals surface area contributed by atoms with Crippen molar-refractivity contribution in [1.29, 1.82) is 5.26 Å². The van der Waals surface area contributed by atoms with Crippen molar-refractivity contribution in [3.05, 3.63) is 52.6 Å². The molecular weight excluding hydrogens is 334 g/mol. The zero-order chi connectivity index (χ0) is 19.4. The van der Waals surface area contributed by atoms with Crippen molar-refractivity contribution in [2.75, 3.05) is 7.11 Å². The highest BCUT2D eigenvalue weighted by Crippen LogP contribution is 2.38. The predicted molar refractivity (Wildman–Crippen MR) is 94.9 cm³/mol. The van der Waals surface area contributed by atoms with Crippen LogP contribution in [0.1, 0.15) is 45.7 Å². The summed E-state index contributed by atoms with van der Waals surface area (Å²) in [4.78, 5) is 25.0. The maximum Gasteiger partial charge on any atom is 0.342 e. The van der Waals surface area contributed by atoms with Crippen LogP contribution in [0.15, 0.2) is 30.3 Å². The molecule has 6 nitrogen and oxygen atoms in total. The second kappa shape index (κ2) is 7.70. The molecule has 0 unspecified atom stereocenters. The third-order valence-corrected chi connectivity index (χ3v) is 3.76. The van der Waals surface area contributed by atoms with Crippen LogP contribution in [0.2, 0.25) is 0 Å². The SMILES string of the molecule is COC(=O)c1c(O)cc(C)c(C(=O)OC(C)C)c1-c1ccccc1C#N. The number of ether oxygens (including phenoxy) is 2. The normalized spacial score (nSPS) is 10.3. The standard InChI is InChI=1S/C20H19NO5/c1-11(2)26-20(24)16-12(3)9-15(22)18(19(23)25-4)17(16)14-8-6-5-7-13(14)10-21/h5-9,11,22H,1-4H3. The van der Waals surface area contributed by atoms with Crippen molar-refractivity contribution in [2.45, 2.75) is 26.9 Å². The van der Waals surface area contributed by atoms with Gasteiger partial charge in [0.05, 0.1) is 30.4 Å². The molecule has 0 fully saturated rings. The molecule has 0 aliphatic carbocycles. The number of hydrogen-bond donors (Lipinski definition) is 1. The number of phenolic OH excluding ortho intramolecular Hbond substituents is 1. The van der Waals surface area contributed by atoms with E-state index in [9.17, 15) is 20.0 Å². The van der Waals surface area contributed by atoms with Gasteiger partial charge in [0.25, 0.3) is 0 Å². The first-order chi connectivity index (χ1) is 12.3. The van der Waals surface area contributed by atoms with E-state index < -0.39 is 11.9 Å². The van der Waals surface area contributed by atoms with Crippen LogP contribution in [0, 0.1) is 18.3 Å². The fourth-order valence-corrected chi connectivity index (χ4v) is 2.71. The summed E-state index contributed by atoms with van der Waals surface area (Å²) in [5.74, 6) is -1.80. The van der Waals surface area contributed by atoms with Crippen molar-refractivity contribution in [3.63, 3.8) is 0 Å². The second-order valence-corrected chi connectivity index (χ2v) is 5.94. The van der Waals surface area contributed by atoms with Crippen LogP contribution in [0.3, 0.4) is 0 Å². The fourth-order valence-electron chi connectivity index (χ4n) is 2.71. The van der Waals surface area contributed by atoms with Gasteiger partial charge < -0.3 is 14.6 Å². The molecule has 0 atom stereocenters. The lowest BCUT2D eigenvalue weighted by Gasteiger charge is -2.19. The molecule has 0 aliphatic rings. The Bertz CT molecular complexity index is 909. The van der Waals surface area contributed by atoms with Crippen molar-refractivity contribution in [1.82, 2.24) is 0 Å². The predicted octanol–water partition coefficient (Wildman–Crippen LogP) is 3.59. The summed E-state index contributed by atoms with van der Waals surface area (Å²) >= 11 is 0. The number of phenols is 1. The van der Waals surface area contributed by atoms with Crippen LogP contribution in [0.5, 0.6) is 5.75 Å². The molecule has 26 heavy (non-hydrogen) atoms. The zero-order valence-electron chi connectivity index (χ0n) is 15.0. The molecular formula is C20H19NO5. The van der Waals surface area contributed by atoms with E-state index in [0.717, 1.165) is 0 Å². The Labute approximate surface area is 151 Å². The van der Waals surface area contributed by atoms with Gasteiger partial charge >= 0.3 is 11.9 Å². The van der Waals surface area contributed by atoms with Gasteiger partial charge in [-0.25, -0.2) is 9.59 Å². The average molecular weight is 353 g/mol. The average Bonchev–Trinajstić information content (AvgIpc) is 2.59. The maximum atomic E-state index is 12.7. The molecule has 0 heterocycles. The van der Waals surface area contributed by atoms with Crippen molar-refractivity contribution in [3.8, 4) is 22.9 Å². The minimum Gasteiger partial charge on any atom is -0.507 e. The van der Waals surface area contributed by atoms with Gasteiger partial charge in [-0.15, -0.1) is 0 Å². The molecule has 134 valence electrons. The van der Waals surface area contributed by atoms with E-state index in [-0.39, 0.29) is 34.1 Å². The Morgan fingerprint density at radius 3 is 2.38 bits per heavy atom. The van der Waals surface area contributed by atoms with Crippen molar-refractivity contribution >= 4 is 11.9 Å². The van der Waals surface area contributed by atoms with Crippen molar-refractivity contribution < 1.29 is 24.2 Å². The second-order valence-electron chi connectivity index (χ2n) is 5.94. The Morgan fingerprint density at radius 1 is 1.15 bits per heavy atom. The van der Waals surface area contributed by atoms with E-state index in [1.165, 1.54) is 13.2 Å². The summed E-state index contributed by atoms with van der Waals surface area (Å²) in [6.07, 6.45) is -0.378. The molecule has 2 aromatic carbocycles. The molecule has 0 radical (unpaired) electrons. The number of benzene rings is 2. The highest BCUT2D eigenvalue weighted by molar-refractivity contribution is 6.09. The van der Waals surface area contributed by atoms with E-state index in [0.29, 0.717) is 11.1 Å². The van der Waals surface area contributed by atoms with E-state index in [1.54, 1.807) is 45.0 Å². The molecule has 0 bridgehead atoms. The molecule has 2 aromatic rings. The van der Waals surface area contributed by atoms with E-state index in [2.05, 4.69) is 0 Å². The molecule has 2 rings (SSSR count). The lowest BCUT2D eigenvalue weighted by molar-refractivity contribution is 0.0378. The minimum atomic E-state index is -0.816. The summed E-state index contributed by atoms with van der Waals surface area (Å²) in [7, 11) is 1.17. The lowest BCUT2D eigenvalue weighted by Crippen LogP contribution is -2.17. The highest BCUT2D eigenvalue weighted by atomic mass is 16.5. The zero-order valence-corrected chi connectivity index (χ0v) is 15.0. The fraction of sp³-hybridized carbons (Fsp3) is 0.250. The van der Waals surface area contributed by atoms with Gasteiger partial charge in [0.2, 0.25) is 0 Å². The molecule has 0 saturated carbocycles. The number of aromatic hydroxyl groups is 1. The largest absolute Gasteiger partial charge is 0.507 e. The number of nitriles is 1. The van der Waals surface area contributed by atoms with Crippen molar-refractivity contribution in [2.24, 2.45) is 0 Å². The topological polar surface area (TPSA) is 96.6 Å². The van der Waals surface area contributed by atoms with Crippen LogP contribution in [0.4, 0.5) is 0 Å². The van der Waals surface area contributed by atoms with Crippen LogP contribution in [-0.2, 0) is 9.47 Å². The van der Waals surface area contributed by atoms with Gasteiger partial charge in [0, 0.05) is 11.1 Å².